The minimum absolute atomic E-state index is 0.122. The molecule has 0 spiro atoms. The normalized spacial score (nSPS) is 21.3. The van der Waals surface area contributed by atoms with Crippen LogP contribution in [0.5, 0.6) is 0 Å². The number of carbonyl (C=O) groups is 4. The summed E-state index contributed by atoms with van der Waals surface area (Å²) >= 11 is 0. The molecule has 0 saturated carbocycles. The minimum Gasteiger partial charge on any atom is -0.463 e. The molecule has 0 radical (unpaired) electrons. The second-order valence-corrected chi connectivity index (χ2v) is 8.67. The Balaban J connectivity index is 2.37. The van der Waals surface area contributed by atoms with Crippen molar-refractivity contribution in [2.24, 2.45) is 0 Å². The van der Waals surface area contributed by atoms with Gasteiger partial charge in [0.05, 0.1) is 21.5 Å². The van der Waals surface area contributed by atoms with Gasteiger partial charge in [-0.3, -0.25) is 34.6 Å². The number of benzene rings is 1. The summed E-state index contributed by atoms with van der Waals surface area (Å²) in [6.07, 6.45) is -4.49. The maximum atomic E-state index is 12.9. The third kappa shape index (κ3) is 7.93. The van der Waals surface area contributed by atoms with Gasteiger partial charge < -0.3 is 23.7 Å². The minimum atomic E-state index is -1.51. The average Bonchev–Trinajstić information content (AvgIpc) is 2.77. The van der Waals surface area contributed by atoms with Crippen LogP contribution in [0.3, 0.4) is 0 Å². The number of ether oxygens (including phenoxy) is 5. The third-order valence-corrected chi connectivity index (χ3v) is 5.28. The summed E-state index contributed by atoms with van der Waals surface area (Å²) in [6, 6.07) is 2.36. The predicted molar refractivity (Wildman–Crippen MR) is 120 cm³/mol. The largest absolute Gasteiger partial charge is 0.463 e. The Hall–Kier alpha value is -4.14. The van der Waals surface area contributed by atoms with E-state index in [2.05, 4.69) is 0 Å². The van der Waals surface area contributed by atoms with Gasteiger partial charge in [0.25, 0.3) is 11.4 Å². The number of nitro benzene ring substituents is 2. The van der Waals surface area contributed by atoms with Crippen molar-refractivity contribution in [1.29, 1.82) is 0 Å². The van der Waals surface area contributed by atoms with E-state index < -0.39 is 80.7 Å². The SMILES string of the molecule is CC(=O)OCC1OC(C(C)(C)OC(=O)c2cc([N+](=O)[O-])cc([N+](=O)[O-])c2)CC(OC(C)=O)C1OC(C)=O. The number of esters is 4. The van der Waals surface area contributed by atoms with Crippen molar-refractivity contribution < 1.29 is 52.7 Å². The molecule has 1 aromatic carbocycles. The van der Waals surface area contributed by atoms with Crippen molar-refractivity contribution in [2.45, 2.75) is 71.1 Å². The number of rotatable bonds is 9. The molecule has 1 fully saturated rings. The van der Waals surface area contributed by atoms with Gasteiger partial charge in [-0.1, -0.05) is 0 Å². The molecule has 15 nitrogen and oxygen atoms in total. The summed E-state index contributed by atoms with van der Waals surface area (Å²) in [5, 5.41) is 22.3. The summed E-state index contributed by atoms with van der Waals surface area (Å²) in [5.74, 6) is -3.19. The lowest BCUT2D eigenvalue weighted by Crippen LogP contribution is -2.58. The monoisotopic (exact) mass is 526 g/mol. The Morgan fingerprint density at radius 3 is 1.95 bits per heavy atom. The number of carbonyl (C=O) groups excluding carboxylic acids is 4. The van der Waals surface area contributed by atoms with E-state index in [-0.39, 0.29) is 13.0 Å². The molecule has 37 heavy (non-hydrogen) atoms. The molecule has 0 N–H and O–H groups in total. The van der Waals surface area contributed by atoms with Gasteiger partial charge >= 0.3 is 23.9 Å². The maximum absolute atomic E-state index is 12.9. The molecule has 15 heteroatoms. The molecule has 1 heterocycles. The number of hydrogen-bond acceptors (Lipinski definition) is 13. The standard InChI is InChI=1S/C22H26N2O13/c1-11(25)33-10-18-20(35-13(3)27)17(34-12(2)26)9-19(36-18)22(4,5)37-21(28)14-6-15(23(29)30)8-16(7-14)24(31)32/h6-8,17-20H,9-10H2,1-5H3. The summed E-state index contributed by atoms with van der Waals surface area (Å²) in [6.45, 7) is 5.89. The summed E-state index contributed by atoms with van der Waals surface area (Å²) in [4.78, 5) is 68.2. The molecule has 0 amide bonds. The van der Waals surface area contributed by atoms with Crippen molar-refractivity contribution >= 4 is 35.3 Å². The highest BCUT2D eigenvalue weighted by molar-refractivity contribution is 5.91. The van der Waals surface area contributed by atoms with Gasteiger partial charge in [-0.05, 0) is 13.8 Å². The smallest absolute Gasteiger partial charge is 0.339 e. The summed E-state index contributed by atoms with van der Waals surface area (Å²) in [7, 11) is 0. The van der Waals surface area contributed by atoms with Crippen molar-refractivity contribution in [2.75, 3.05) is 6.61 Å². The van der Waals surface area contributed by atoms with E-state index >= 15 is 0 Å². The first-order chi connectivity index (χ1) is 17.1. The number of hydrogen-bond donors (Lipinski definition) is 0. The molecule has 4 atom stereocenters. The van der Waals surface area contributed by atoms with E-state index in [4.69, 9.17) is 23.7 Å². The van der Waals surface area contributed by atoms with Crippen LogP contribution in [0.25, 0.3) is 0 Å². The van der Waals surface area contributed by atoms with E-state index in [1.165, 1.54) is 13.8 Å². The third-order valence-electron chi connectivity index (χ3n) is 5.28. The van der Waals surface area contributed by atoms with Crippen LogP contribution in [0.4, 0.5) is 11.4 Å². The molecule has 1 aromatic rings. The molecule has 0 bridgehead atoms. The summed E-state index contributed by atoms with van der Waals surface area (Å²) in [5.41, 5.74) is -3.33. The second kappa shape index (κ2) is 11.7. The highest BCUT2D eigenvalue weighted by Gasteiger charge is 2.49. The van der Waals surface area contributed by atoms with Gasteiger partial charge in [0.2, 0.25) is 0 Å². The van der Waals surface area contributed by atoms with E-state index in [1.807, 2.05) is 0 Å². The lowest BCUT2D eigenvalue weighted by atomic mass is 9.89. The molecule has 0 aromatic heterocycles. The quantitative estimate of drug-likeness (QED) is 0.196. The van der Waals surface area contributed by atoms with E-state index in [0.29, 0.717) is 6.07 Å². The molecular formula is C22H26N2O13. The Morgan fingerprint density at radius 1 is 0.946 bits per heavy atom. The first-order valence-corrected chi connectivity index (χ1v) is 10.9. The number of non-ortho nitro benzene ring substituents is 2. The van der Waals surface area contributed by atoms with Crippen LogP contribution in [0, 0.1) is 20.2 Å². The van der Waals surface area contributed by atoms with Crippen LogP contribution in [-0.4, -0.2) is 70.3 Å². The zero-order valence-corrected chi connectivity index (χ0v) is 20.7. The Kier molecular flexibility index (Phi) is 9.22. The van der Waals surface area contributed by atoms with Crippen LogP contribution in [0.15, 0.2) is 18.2 Å². The fraction of sp³-hybridized carbons (Fsp3) is 0.545. The summed E-state index contributed by atoms with van der Waals surface area (Å²) < 4.78 is 27.0. The van der Waals surface area contributed by atoms with Gasteiger partial charge in [-0.25, -0.2) is 4.79 Å². The first kappa shape index (κ1) is 29.1. The molecule has 2 rings (SSSR count). The van der Waals surface area contributed by atoms with Crippen LogP contribution >= 0.6 is 0 Å². The Labute approximate surface area is 210 Å². The predicted octanol–water partition coefficient (Wildman–Crippen LogP) is 2.02. The molecular weight excluding hydrogens is 500 g/mol. The lowest BCUT2D eigenvalue weighted by Gasteiger charge is -2.45. The van der Waals surface area contributed by atoms with Crippen LogP contribution in [0.2, 0.25) is 0 Å². The van der Waals surface area contributed by atoms with Crippen LogP contribution < -0.4 is 0 Å². The average molecular weight is 526 g/mol. The molecule has 0 aliphatic carbocycles. The molecule has 1 aliphatic heterocycles. The highest BCUT2D eigenvalue weighted by Crippen LogP contribution is 2.34. The Bertz CT molecular complexity index is 1070. The van der Waals surface area contributed by atoms with Crippen LogP contribution in [-0.2, 0) is 38.1 Å². The molecule has 1 aliphatic rings. The topological polar surface area (TPSA) is 201 Å². The van der Waals surface area contributed by atoms with Crippen molar-refractivity contribution in [3.63, 3.8) is 0 Å². The van der Waals surface area contributed by atoms with Crippen LogP contribution in [0.1, 0.15) is 51.4 Å². The maximum Gasteiger partial charge on any atom is 0.339 e. The highest BCUT2D eigenvalue weighted by atomic mass is 16.6. The molecule has 202 valence electrons. The van der Waals surface area contributed by atoms with E-state index in [0.717, 1.165) is 32.9 Å². The van der Waals surface area contributed by atoms with Gasteiger partial charge in [0.1, 0.15) is 30.5 Å². The first-order valence-electron chi connectivity index (χ1n) is 10.9. The lowest BCUT2D eigenvalue weighted by molar-refractivity contribution is -0.394. The number of nitro groups is 2. The van der Waals surface area contributed by atoms with Crippen molar-refractivity contribution in [3.8, 4) is 0 Å². The second-order valence-electron chi connectivity index (χ2n) is 8.67. The van der Waals surface area contributed by atoms with E-state index in [1.54, 1.807) is 0 Å². The fourth-order valence-corrected chi connectivity index (χ4v) is 3.67. The van der Waals surface area contributed by atoms with Crippen molar-refractivity contribution in [1.82, 2.24) is 0 Å². The fourth-order valence-electron chi connectivity index (χ4n) is 3.67. The Morgan fingerprint density at radius 2 is 1.49 bits per heavy atom. The van der Waals surface area contributed by atoms with Gasteiger partial charge in [0, 0.05) is 39.3 Å². The zero-order chi connectivity index (χ0) is 28.1. The van der Waals surface area contributed by atoms with Crippen molar-refractivity contribution in [3.05, 3.63) is 44.0 Å². The zero-order valence-electron chi connectivity index (χ0n) is 20.7. The number of nitrogens with zero attached hydrogens (tertiary/aromatic N) is 2. The molecule has 4 unspecified atom stereocenters. The van der Waals surface area contributed by atoms with Gasteiger partial charge in [-0.15, -0.1) is 0 Å². The molecule has 1 saturated heterocycles. The van der Waals surface area contributed by atoms with E-state index in [9.17, 15) is 39.4 Å². The van der Waals surface area contributed by atoms with Gasteiger partial charge in [0.15, 0.2) is 6.10 Å². The van der Waals surface area contributed by atoms with Gasteiger partial charge in [-0.2, -0.15) is 0 Å².